The molecule has 7 heteroatoms. The molecule has 0 radical (unpaired) electrons. The predicted molar refractivity (Wildman–Crippen MR) is 121 cm³/mol. The van der Waals surface area contributed by atoms with Crippen LogP contribution in [0.1, 0.15) is 31.9 Å². The molecule has 0 atom stereocenters. The minimum Gasteiger partial charge on any atom is -0.493 e. The highest BCUT2D eigenvalue weighted by Crippen LogP contribution is 2.29. The summed E-state index contributed by atoms with van der Waals surface area (Å²) in [6.07, 6.45) is 1.70. The van der Waals surface area contributed by atoms with Crippen LogP contribution in [0.4, 0.5) is 0 Å². The van der Waals surface area contributed by atoms with Crippen molar-refractivity contribution in [2.24, 2.45) is 0 Å². The van der Waals surface area contributed by atoms with Gasteiger partial charge < -0.3 is 19.5 Å². The molecule has 1 amide bonds. The third kappa shape index (κ3) is 5.51. The predicted octanol–water partition coefficient (Wildman–Crippen LogP) is 3.80. The van der Waals surface area contributed by atoms with Gasteiger partial charge in [0.2, 0.25) is 0 Å². The number of benzene rings is 2. The zero-order valence-electron chi connectivity index (χ0n) is 17.6. The molecule has 0 saturated carbocycles. The third-order valence-electron chi connectivity index (χ3n) is 4.55. The van der Waals surface area contributed by atoms with Crippen LogP contribution in [0, 0.1) is 0 Å². The first-order chi connectivity index (χ1) is 14.3. The quantitative estimate of drug-likeness (QED) is 0.399. The maximum Gasteiger partial charge on any atom is 0.273 e. The van der Waals surface area contributed by atoms with Crippen LogP contribution < -0.4 is 24.8 Å². The molecule has 30 heavy (non-hydrogen) atoms. The maximum atomic E-state index is 11.8. The van der Waals surface area contributed by atoms with Crippen LogP contribution in [0.3, 0.4) is 0 Å². The van der Waals surface area contributed by atoms with E-state index in [2.05, 4.69) is 43.5 Å². The first kappa shape index (κ1) is 21.6. The smallest absolute Gasteiger partial charge is 0.273 e. The van der Waals surface area contributed by atoms with Gasteiger partial charge in [-0.15, -0.1) is 0 Å². The lowest BCUT2D eigenvalue weighted by Gasteiger charge is -2.19. The highest BCUT2D eigenvalue weighted by Gasteiger charge is 2.20. The van der Waals surface area contributed by atoms with Crippen molar-refractivity contribution in [1.82, 2.24) is 10.6 Å². The van der Waals surface area contributed by atoms with Gasteiger partial charge in [-0.3, -0.25) is 10.1 Å². The summed E-state index contributed by atoms with van der Waals surface area (Å²) in [6.45, 7) is 7.32. The molecule has 6 nitrogen and oxygen atoms in total. The largest absolute Gasteiger partial charge is 0.493 e. The monoisotopic (exact) mass is 426 g/mol. The number of thiocarbonyl (C=S) groups is 1. The van der Waals surface area contributed by atoms with Crippen LogP contribution in [0.5, 0.6) is 17.2 Å². The molecule has 0 unspecified atom stereocenters. The van der Waals surface area contributed by atoms with Gasteiger partial charge in [0, 0.05) is 0 Å². The fourth-order valence-electron chi connectivity index (χ4n) is 2.90. The summed E-state index contributed by atoms with van der Waals surface area (Å²) in [6, 6.07) is 13.6. The topological polar surface area (TPSA) is 68.8 Å². The Hall–Kier alpha value is -3.06. The zero-order valence-corrected chi connectivity index (χ0v) is 18.4. The Balaban J connectivity index is 1.56. The minimum atomic E-state index is -0.257. The van der Waals surface area contributed by atoms with Gasteiger partial charge in [-0.25, -0.2) is 0 Å². The van der Waals surface area contributed by atoms with Gasteiger partial charge >= 0.3 is 0 Å². The number of rotatable bonds is 7. The number of ether oxygens (including phenoxy) is 3. The van der Waals surface area contributed by atoms with E-state index in [-0.39, 0.29) is 11.3 Å². The standard InChI is InChI=1S/C23H26N2O4S/c1-23(2,3)16-6-8-17(9-7-16)28-11-12-29-19-10-5-15(14-20(19)27-4)13-18-21(26)25-22(30)24-18/h5-10,13-14H,11-12H2,1-4H3,(H2,24,25,26,30)/b18-13-. The van der Waals surface area contributed by atoms with Gasteiger partial charge in [0.05, 0.1) is 7.11 Å². The molecule has 2 N–H and O–H groups in total. The average molecular weight is 427 g/mol. The van der Waals surface area contributed by atoms with E-state index in [4.69, 9.17) is 26.4 Å². The average Bonchev–Trinajstić information content (AvgIpc) is 3.02. The number of methoxy groups -OCH3 is 1. The first-order valence-electron chi connectivity index (χ1n) is 9.64. The Kier molecular flexibility index (Phi) is 6.62. The minimum absolute atomic E-state index is 0.115. The fourth-order valence-corrected chi connectivity index (χ4v) is 3.11. The van der Waals surface area contributed by atoms with Crippen molar-refractivity contribution in [3.8, 4) is 17.2 Å². The third-order valence-corrected chi connectivity index (χ3v) is 4.75. The van der Waals surface area contributed by atoms with Gasteiger partial charge in [0.25, 0.3) is 5.91 Å². The van der Waals surface area contributed by atoms with Crippen LogP contribution >= 0.6 is 12.2 Å². The Morgan fingerprint density at radius 1 is 0.967 bits per heavy atom. The molecule has 1 fully saturated rings. The molecule has 0 spiro atoms. The van der Waals surface area contributed by atoms with Crippen molar-refractivity contribution in [3.63, 3.8) is 0 Å². The van der Waals surface area contributed by atoms with Gasteiger partial charge in [-0.05, 0) is 59.1 Å². The highest BCUT2D eigenvalue weighted by atomic mass is 32.1. The summed E-state index contributed by atoms with van der Waals surface area (Å²) in [5, 5.41) is 5.64. The second-order valence-corrected chi connectivity index (χ2v) is 8.26. The molecule has 2 aromatic carbocycles. The molecule has 1 aliphatic rings. The zero-order chi connectivity index (χ0) is 21.7. The Morgan fingerprint density at radius 3 is 2.27 bits per heavy atom. The van der Waals surface area contributed by atoms with Gasteiger partial charge in [0.15, 0.2) is 16.6 Å². The molecule has 3 rings (SSSR count). The number of nitrogens with one attached hydrogen (secondary N) is 2. The first-order valence-corrected chi connectivity index (χ1v) is 10.1. The lowest BCUT2D eigenvalue weighted by Crippen LogP contribution is -2.21. The van der Waals surface area contributed by atoms with Crippen molar-refractivity contribution < 1.29 is 19.0 Å². The number of carbonyl (C=O) groups is 1. The van der Waals surface area contributed by atoms with E-state index in [9.17, 15) is 4.79 Å². The van der Waals surface area contributed by atoms with E-state index in [1.807, 2.05) is 18.2 Å². The summed E-state index contributed by atoms with van der Waals surface area (Å²) in [5.74, 6) is 1.72. The van der Waals surface area contributed by atoms with E-state index in [1.165, 1.54) is 5.56 Å². The molecular formula is C23H26N2O4S. The van der Waals surface area contributed by atoms with Crippen LogP contribution in [-0.2, 0) is 10.2 Å². The highest BCUT2D eigenvalue weighted by molar-refractivity contribution is 7.80. The molecule has 158 valence electrons. The van der Waals surface area contributed by atoms with Gasteiger partial charge in [0.1, 0.15) is 24.7 Å². The summed E-state index contributed by atoms with van der Waals surface area (Å²) in [5.41, 5.74) is 2.56. The lowest BCUT2D eigenvalue weighted by molar-refractivity contribution is -0.115. The van der Waals surface area contributed by atoms with Crippen LogP contribution in [0.15, 0.2) is 48.2 Å². The molecule has 0 aromatic heterocycles. The lowest BCUT2D eigenvalue weighted by atomic mass is 9.87. The van der Waals surface area contributed by atoms with E-state index >= 15 is 0 Å². The van der Waals surface area contributed by atoms with Gasteiger partial charge in [-0.2, -0.15) is 0 Å². The number of carbonyl (C=O) groups excluding carboxylic acids is 1. The van der Waals surface area contributed by atoms with E-state index in [0.29, 0.717) is 35.5 Å². The molecule has 0 bridgehead atoms. The molecule has 1 aliphatic heterocycles. The van der Waals surface area contributed by atoms with Crippen molar-refractivity contribution in [2.75, 3.05) is 20.3 Å². The van der Waals surface area contributed by atoms with Crippen LogP contribution in [0.25, 0.3) is 6.08 Å². The van der Waals surface area contributed by atoms with E-state index in [1.54, 1.807) is 25.3 Å². The Labute approximate surface area is 182 Å². The molecule has 0 aliphatic carbocycles. The van der Waals surface area contributed by atoms with Crippen molar-refractivity contribution >= 4 is 29.3 Å². The molecular weight excluding hydrogens is 400 g/mol. The van der Waals surface area contributed by atoms with Crippen LogP contribution in [-0.4, -0.2) is 31.3 Å². The van der Waals surface area contributed by atoms with Crippen molar-refractivity contribution in [3.05, 3.63) is 59.3 Å². The second kappa shape index (κ2) is 9.17. The Morgan fingerprint density at radius 2 is 1.67 bits per heavy atom. The summed E-state index contributed by atoms with van der Waals surface area (Å²) >= 11 is 4.94. The molecule has 2 aromatic rings. The number of amides is 1. The second-order valence-electron chi connectivity index (χ2n) is 7.85. The normalized spacial score (nSPS) is 15.0. The van der Waals surface area contributed by atoms with Crippen LogP contribution in [0.2, 0.25) is 0 Å². The van der Waals surface area contributed by atoms with Gasteiger partial charge in [-0.1, -0.05) is 39.0 Å². The van der Waals surface area contributed by atoms with E-state index in [0.717, 1.165) is 11.3 Å². The summed E-state index contributed by atoms with van der Waals surface area (Å²) in [4.78, 5) is 11.8. The SMILES string of the molecule is COc1cc(/C=C2\NC(=S)NC2=O)ccc1OCCOc1ccc(C(C)(C)C)cc1. The number of hydrogen-bond donors (Lipinski definition) is 2. The molecule has 1 saturated heterocycles. The Bertz CT molecular complexity index is 962. The van der Waals surface area contributed by atoms with E-state index < -0.39 is 0 Å². The molecule has 1 heterocycles. The summed E-state index contributed by atoms with van der Waals surface area (Å²) < 4.78 is 17.0. The fraction of sp³-hybridized carbons (Fsp3) is 0.304. The number of hydrogen-bond acceptors (Lipinski definition) is 5. The van der Waals surface area contributed by atoms with Crippen molar-refractivity contribution in [2.45, 2.75) is 26.2 Å². The maximum absolute atomic E-state index is 11.8. The summed E-state index contributed by atoms with van der Waals surface area (Å²) in [7, 11) is 1.57. The van der Waals surface area contributed by atoms with Crippen molar-refractivity contribution in [1.29, 1.82) is 0 Å².